The van der Waals surface area contributed by atoms with Crippen molar-refractivity contribution in [2.24, 2.45) is 21.1 Å². The minimum atomic E-state index is -5.98. The van der Waals surface area contributed by atoms with Crippen molar-refractivity contribution in [1.82, 2.24) is 68.4 Å². The number of H-pyrrole nitrogens is 1. The van der Waals surface area contributed by atoms with Crippen LogP contribution < -0.4 is 48.7 Å². The van der Waals surface area contributed by atoms with Crippen LogP contribution >= 0.6 is 22.6 Å². The molecule has 17 heterocycles. The van der Waals surface area contributed by atoms with E-state index in [0.29, 0.717) is 107 Å². The van der Waals surface area contributed by atoms with Gasteiger partial charge in [0.05, 0.1) is 71.3 Å². The Morgan fingerprint density at radius 2 is 0.907 bits per heavy atom. The quantitative estimate of drug-likeness (QED) is 0.0108. The van der Waals surface area contributed by atoms with Crippen LogP contribution in [-0.4, -0.2) is 196 Å². The number of benzene rings is 3. The molecule has 42 heteroatoms. The van der Waals surface area contributed by atoms with E-state index in [0.717, 1.165) is 187 Å². The number of ether oxygens (including phenoxy) is 7. The maximum atomic E-state index is 13.1. The van der Waals surface area contributed by atoms with E-state index in [-0.39, 0.29) is 36.2 Å². The molecule has 3 aromatic carbocycles. The van der Waals surface area contributed by atoms with Crippen molar-refractivity contribution < 1.29 is 68.2 Å². The number of halogens is 4. The Bertz CT molecular complexity index is 7180. The minimum Gasteiger partial charge on any atom is -0.400 e. The largest absolute Gasteiger partial charge is 0.534 e. The second kappa shape index (κ2) is 51.6. The van der Waals surface area contributed by atoms with E-state index in [1.54, 1.807) is 76.8 Å². The van der Waals surface area contributed by atoms with Gasteiger partial charge in [0.25, 0.3) is 16.7 Å². The third-order valence-electron chi connectivity index (χ3n) is 26.7. The van der Waals surface area contributed by atoms with Gasteiger partial charge in [0, 0.05) is 176 Å². The SMILES string of the molecule is CC1(C)OB(C2=CCOCC2)OC1(C)C.Cn1c(=O)c(Nc2ccc(C3CCOCC3)cn2)cc2cc(-c3ccn(COCC[Si](C)(C)C)n3)ccc21.Cn1c(=O)c(Nc2ccc(C3CCOCC3)cn2)cc2cc(-c3ccn[nH]3)ccc21.Cn1c(=O)c(OS(=O)(=O)C(F)(F)F)cc2cc(-c3ccn(COCC[Si](C)(C)C)n3)ccc21.Nc1ccc(C2=CCOCC2)cn1.Nc1ccc(C2CCOCC2)cn1.Nc1ccc(I)cn1. The lowest BCUT2D eigenvalue weighted by Crippen LogP contribution is -2.41. The topological polar surface area (TPSA) is 423 Å². The molecule has 0 spiro atoms. The van der Waals surface area contributed by atoms with Crippen LogP contribution in [0.25, 0.3) is 72.1 Å². The molecule has 14 aromatic rings. The number of nitrogen functional groups attached to an aromatic ring is 3. The second-order valence-electron chi connectivity index (χ2n) is 40.7. The summed E-state index contributed by atoms with van der Waals surface area (Å²) < 4.78 is 124. The zero-order chi connectivity index (χ0) is 107. The fourth-order valence-electron chi connectivity index (χ4n) is 17.0. The number of rotatable bonds is 24. The van der Waals surface area contributed by atoms with Gasteiger partial charge < -0.3 is 88.2 Å². The first-order chi connectivity index (χ1) is 71.6. The number of hydrogen-bond donors (Lipinski definition) is 6. The van der Waals surface area contributed by atoms with E-state index in [4.69, 9.17) is 64.8 Å². The third kappa shape index (κ3) is 31.6. The van der Waals surface area contributed by atoms with Gasteiger partial charge in [-0.25, -0.2) is 34.3 Å². The lowest BCUT2D eigenvalue weighted by molar-refractivity contribution is -0.0500. The van der Waals surface area contributed by atoms with Gasteiger partial charge in [-0.2, -0.15) is 36.9 Å². The van der Waals surface area contributed by atoms with E-state index in [9.17, 15) is 36.0 Å². The van der Waals surface area contributed by atoms with Crippen LogP contribution in [0.1, 0.15) is 119 Å². The summed E-state index contributed by atoms with van der Waals surface area (Å²) in [6.45, 7) is 32.1. The van der Waals surface area contributed by atoms with Crippen molar-refractivity contribution >= 4 is 135 Å². The first-order valence-corrected chi connectivity index (χ1v) is 60.0. The summed E-state index contributed by atoms with van der Waals surface area (Å²) in [5.74, 6) is 3.70. The highest BCUT2D eigenvalue weighted by Crippen LogP contribution is 2.41. The lowest BCUT2D eigenvalue weighted by atomic mass is 9.75. The number of pyridine rings is 8. The van der Waals surface area contributed by atoms with E-state index in [2.05, 4.69) is 187 Å². The molecule has 9 N–H and O–H groups in total. The maximum absolute atomic E-state index is 13.1. The molecule has 0 radical (unpaired) electrons. The number of nitrogens with one attached hydrogen (secondary N) is 3. The number of aromatic amines is 1. The highest BCUT2D eigenvalue weighted by Gasteiger charge is 2.53. The molecule has 0 amide bonds. The Balaban J connectivity index is 0.000000145. The van der Waals surface area contributed by atoms with Crippen LogP contribution in [0.5, 0.6) is 5.75 Å². The smallest absolute Gasteiger partial charge is 0.400 e. The van der Waals surface area contributed by atoms with Gasteiger partial charge in [-0.05, 0) is 280 Å². The number of alkyl halides is 3. The van der Waals surface area contributed by atoms with Crippen LogP contribution in [0, 0.1) is 3.57 Å². The molecule has 0 bridgehead atoms. The van der Waals surface area contributed by atoms with E-state index in [1.807, 2.05) is 121 Å². The fraction of sp³-hybridized carbons (Fsp3) is 0.398. The van der Waals surface area contributed by atoms with Crippen LogP contribution in [0.15, 0.2) is 233 Å². The monoisotopic (exact) mass is 2220 g/mol. The molecule has 4 fully saturated rings. The number of nitrogens with two attached hydrogens (primary N) is 3. The Kier molecular flexibility index (Phi) is 38.9. The Hall–Kier alpha value is -12.4. The molecule has 6 aliphatic heterocycles. The van der Waals surface area contributed by atoms with Gasteiger partial charge in [-0.1, -0.05) is 87.8 Å². The van der Waals surface area contributed by atoms with Crippen LogP contribution in [0.4, 0.5) is 53.6 Å². The predicted octanol–water partition coefficient (Wildman–Crippen LogP) is 19.9. The Labute approximate surface area is 887 Å². The zero-order valence-corrected chi connectivity index (χ0v) is 92.1. The van der Waals surface area contributed by atoms with Gasteiger partial charge in [-0.15, -0.1) is 0 Å². The molecule has 11 aromatic heterocycles. The average molecular weight is 2220 g/mol. The van der Waals surface area contributed by atoms with Crippen molar-refractivity contribution in [3.05, 3.63) is 276 Å². The van der Waals surface area contributed by atoms with Crippen molar-refractivity contribution in [1.29, 1.82) is 0 Å². The standard InChI is InChI=1S/C29H37N5O3Si.C23H23N5O2.C20H24F3N3O5SSi.C11H19BO3.C10H14N2O.C10H12N2O.C5H5IN2/c1-33-27-7-5-22(25-9-12-34(32-25)20-37-15-16-38(2,3)4)17-24(27)18-26(29(33)35)31-28-8-6-23(19-30-28)21-10-13-36-14-11-21;1-28-21-4-2-16(19-6-9-25-27-19)12-18(21)13-20(23(28)29)26-22-5-3-17(14-24-22)15-7-10-30-11-8-15;1-25-17-6-5-14(16-7-8-26(24-16)13-30-9-10-33(2,3)4)11-15(17)12-18(19(25)27)31-32(28,29)20(21,22)23;1-10(2)11(3,4)15-12(14-10)9-5-7-13-8-6-9;2*11-10-2-1-9(7-12-10)8-3-5-13-6-4-8;6-4-1-2-5(7)8-3-4/h5-9,12,17-19,21H,10-11,13-16,20H2,1-4H3,(H,30,31);2-6,9,12-15H,7-8,10-11H2,1H3,(H,24,26)(H,25,27);5-8,11-12H,9-10,13H2,1-4H3;5H,6-8H2,1-4H3;1-2,7-8H,3-6H2,(H2,11,12);1-3,7H,4-6H2,(H2,11,12);1-3H,(H2,7,8). The number of fused-ring (bicyclic) bond motifs is 3. The fourth-order valence-corrected chi connectivity index (χ4v) is 19.2. The summed E-state index contributed by atoms with van der Waals surface area (Å²) in [6.07, 6.45) is 27.0. The molecule has 0 saturated carbocycles. The number of anilines is 7. The molecular weight excluding hydrogens is 2090 g/mol. The van der Waals surface area contributed by atoms with E-state index < -0.39 is 43.1 Å². The summed E-state index contributed by atoms with van der Waals surface area (Å²) in [5, 5.41) is 24.8. The van der Waals surface area contributed by atoms with Crippen molar-refractivity contribution in [3.63, 3.8) is 0 Å². The number of aromatic nitrogens is 14. The summed E-state index contributed by atoms with van der Waals surface area (Å²) >= 11 is 2.18. The zero-order valence-electron chi connectivity index (χ0n) is 87.1. The first-order valence-electron chi connectivity index (χ1n) is 50.1. The van der Waals surface area contributed by atoms with Gasteiger partial charge in [0.15, 0.2) is 0 Å². The molecule has 796 valence electrons. The highest BCUT2D eigenvalue weighted by molar-refractivity contribution is 14.1. The molecule has 34 nitrogen and oxygen atoms in total. The lowest BCUT2D eigenvalue weighted by Gasteiger charge is -2.32. The summed E-state index contributed by atoms with van der Waals surface area (Å²) in [6, 6.07) is 49.0. The highest BCUT2D eigenvalue weighted by atomic mass is 127. The van der Waals surface area contributed by atoms with Gasteiger partial charge in [0.1, 0.15) is 53.9 Å². The van der Waals surface area contributed by atoms with Crippen LogP contribution in [0.2, 0.25) is 51.4 Å². The molecular formula is C108H134BF3IN19O15SSi2. The number of hydrogen-bond acceptors (Lipinski definition) is 28. The Morgan fingerprint density at radius 3 is 1.30 bits per heavy atom. The molecule has 4 saturated heterocycles. The molecule has 6 aliphatic rings. The third-order valence-corrected chi connectivity index (χ3v) is 31.7. The van der Waals surface area contributed by atoms with Crippen LogP contribution in [-0.2, 0) is 87.2 Å². The second-order valence-corrected chi connectivity index (χ2v) is 54.7. The van der Waals surface area contributed by atoms with Crippen molar-refractivity contribution in [3.8, 4) is 39.5 Å². The van der Waals surface area contributed by atoms with Crippen molar-refractivity contribution in [2.45, 2.75) is 178 Å². The van der Waals surface area contributed by atoms with Crippen molar-refractivity contribution in [2.75, 3.05) is 107 Å². The number of aryl methyl sites for hydroxylation is 3. The normalized spacial score (nSPS) is 16.0. The molecule has 20 rings (SSSR count). The van der Waals surface area contributed by atoms with Gasteiger partial charge in [0.2, 0.25) is 5.75 Å². The number of nitrogens with zero attached hydrogens (tertiary/aromatic N) is 13. The molecule has 0 aliphatic carbocycles. The summed E-state index contributed by atoms with van der Waals surface area (Å²) in [4.78, 5) is 59.4. The maximum Gasteiger partial charge on any atom is 0.534 e. The first kappa shape index (κ1) is 113. The summed E-state index contributed by atoms with van der Waals surface area (Å²) in [5.41, 5.74) is 24.5. The van der Waals surface area contributed by atoms with Crippen LogP contribution in [0.3, 0.4) is 0 Å². The Morgan fingerprint density at radius 1 is 0.487 bits per heavy atom. The minimum absolute atomic E-state index is 0.0907. The summed E-state index contributed by atoms with van der Waals surface area (Å²) in [7, 11) is -3.58. The van der Waals surface area contributed by atoms with E-state index in [1.165, 1.54) is 34.8 Å². The predicted molar refractivity (Wildman–Crippen MR) is 597 cm³/mol. The average Bonchev–Trinajstić information content (AvgIpc) is 0.813. The molecule has 150 heavy (non-hydrogen) atoms. The van der Waals surface area contributed by atoms with E-state index >= 15 is 0 Å². The molecule has 0 atom stereocenters. The van der Waals surface area contributed by atoms with Gasteiger partial charge in [-0.3, -0.25) is 19.5 Å². The molecule has 0 unspecified atom stereocenters. The van der Waals surface area contributed by atoms with Gasteiger partial charge >= 0.3 is 22.7 Å².